The number of nitrogens with zero attached hydrogens (tertiary/aromatic N) is 3. The predicted octanol–water partition coefficient (Wildman–Crippen LogP) is 3.37. The lowest BCUT2D eigenvalue weighted by molar-refractivity contribution is -0.384. The third-order valence-electron chi connectivity index (χ3n) is 6.87. The number of hydrogen-bond acceptors (Lipinski definition) is 7. The molecule has 0 saturated carbocycles. The summed E-state index contributed by atoms with van der Waals surface area (Å²) in [6.45, 7) is 0.342. The largest absolute Gasteiger partial charge is 0.497 e. The van der Waals surface area contributed by atoms with Crippen LogP contribution in [-0.4, -0.2) is 47.2 Å². The van der Waals surface area contributed by atoms with Crippen LogP contribution in [0, 0.1) is 16.0 Å². The van der Waals surface area contributed by atoms with E-state index < -0.39 is 22.3 Å². The van der Waals surface area contributed by atoms with Gasteiger partial charge in [0.25, 0.3) is 5.69 Å². The van der Waals surface area contributed by atoms with E-state index >= 15 is 0 Å². The number of aromatic nitrogens is 1. The Bertz CT molecular complexity index is 1310. The number of anilines is 1. The van der Waals surface area contributed by atoms with E-state index in [0.717, 1.165) is 0 Å². The molecule has 3 aromatic rings. The first-order valence-electron chi connectivity index (χ1n) is 10.8. The predicted molar refractivity (Wildman–Crippen MR) is 124 cm³/mol. The third kappa shape index (κ3) is 3.08. The average molecular weight is 458 g/mol. The van der Waals surface area contributed by atoms with Crippen molar-refractivity contribution in [3.05, 3.63) is 93.8 Å². The quantitative estimate of drug-likeness (QED) is 0.354. The van der Waals surface area contributed by atoms with Gasteiger partial charge in [-0.3, -0.25) is 29.6 Å². The summed E-state index contributed by atoms with van der Waals surface area (Å²) in [5.41, 5.74) is 0.715. The summed E-state index contributed by atoms with van der Waals surface area (Å²) in [6, 6.07) is 16.6. The first-order valence-corrected chi connectivity index (χ1v) is 10.8. The highest BCUT2D eigenvalue weighted by Gasteiger charge is 2.64. The Morgan fingerprint density at radius 1 is 1.21 bits per heavy atom. The van der Waals surface area contributed by atoms with Crippen molar-refractivity contribution in [3.63, 3.8) is 0 Å². The van der Waals surface area contributed by atoms with Gasteiger partial charge in [0.05, 0.1) is 18.0 Å². The zero-order valence-corrected chi connectivity index (χ0v) is 18.6. The maximum absolute atomic E-state index is 14.0. The molecule has 0 bridgehead atoms. The monoisotopic (exact) mass is 458 g/mol. The first-order chi connectivity index (χ1) is 16.4. The Morgan fingerprint density at radius 2 is 2.03 bits per heavy atom. The van der Waals surface area contributed by atoms with Crippen molar-refractivity contribution in [1.29, 1.82) is 0 Å². The van der Waals surface area contributed by atoms with E-state index in [-0.39, 0.29) is 23.1 Å². The van der Waals surface area contributed by atoms with Crippen LogP contribution in [-0.2, 0) is 10.3 Å². The van der Waals surface area contributed by atoms with Gasteiger partial charge in [-0.2, -0.15) is 0 Å². The Labute approximate surface area is 195 Å². The summed E-state index contributed by atoms with van der Waals surface area (Å²) < 4.78 is 5.42. The van der Waals surface area contributed by atoms with Crippen LogP contribution in [0.3, 0.4) is 0 Å². The van der Waals surface area contributed by atoms with Gasteiger partial charge in [0.15, 0.2) is 5.78 Å². The summed E-state index contributed by atoms with van der Waals surface area (Å²) in [6.07, 6.45) is 1.53. The van der Waals surface area contributed by atoms with Gasteiger partial charge in [0.2, 0.25) is 5.91 Å². The van der Waals surface area contributed by atoms with Crippen LogP contribution in [0.1, 0.15) is 27.5 Å². The molecule has 172 valence electrons. The van der Waals surface area contributed by atoms with E-state index in [4.69, 9.17) is 4.74 Å². The fourth-order valence-corrected chi connectivity index (χ4v) is 5.38. The molecule has 1 fully saturated rings. The summed E-state index contributed by atoms with van der Waals surface area (Å²) in [5.74, 6) is -1.41. The molecule has 2 aromatic carbocycles. The second-order valence-corrected chi connectivity index (χ2v) is 8.53. The molecule has 1 spiro atoms. The summed E-state index contributed by atoms with van der Waals surface area (Å²) >= 11 is 0. The molecule has 9 heteroatoms. The number of amides is 1. The van der Waals surface area contributed by atoms with Crippen molar-refractivity contribution in [2.75, 3.05) is 26.0 Å². The molecule has 34 heavy (non-hydrogen) atoms. The molecular formula is C25H22N4O5. The highest BCUT2D eigenvalue weighted by molar-refractivity contribution is 6.12. The fraction of sp³-hybridized carbons (Fsp3) is 0.240. The average Bonchev–Trinajstić information content (AvgIpc) is 3.33. The number of rotatable bonds is 5. The Morgan fingerprint density at radius 3 is 2.74 bits per heavy atom. The molecule has 0 aliphatic carbocycles. The molecule has 3 heterocycles. The standard InChI is InChI=1S/C25H22N4O5/c1-28-14-18(15-6-5-7-16(12-15)29(32)33)22(23(30)21-8-3-4-11-26-21)25(28)19-13-17(34-2)9-10-20(19)27-24(25)31/h3-13,18,22H,14H2,1-2H3,(H,27,31)/t18-,22-,25+/m0/s1. The zero-order chi connectivity index (χ0) is 24.0. The fourth-order valence-electron chi connectivity index (χ4n) is 5.38. The second kappa shape index (κ2) is 8.03. The lowest BCUT2D eigenvalue weighted by Crippen LogP contribution is -2.51. The number of nitro benzene ring substituents is 1. The van der Waals surface area contributed by atoms with Crippen LogP contribution in [0.15, 0.2) is 66.9 Å². The number of carbonyl (C=O) groups excluding carboxylic acids is 2. The number of likely N-dealkylation sites (N-methyl/N-ethyl adjacent to an activating group) is 1. The van der Waals surface area contributed by atoms with Crippen LogP contribution in [0.25, 0.3) is 0 Å². The van der Waals surface area contributed by atoms with Gasteiger partial charge in [-0.1, -0.05) is 18.2 Å². The minimum atomic E-state index is -1.33. The number of carbonyl (C=O) groups is 2. The van der Waals surface area contributed by atoms with Crippen LogP contribution in [0.4, 0.5) is 11.4 Å². The van der Waals surface area contributed by atoms with Crippen molar-refractivity contribution in [1.82, 2.24) is 9.88 Å². The minimum Gasteiger partial charge on any atom is -0.497 e. The number of nitro groups is 1. The normalized spacial score (nSPS) is 23.5. The highest BCUT2D eigenvalue weighted by Crippen LogP contribution is 2.56. The molecular weight excluding hydrogens is 436 g/mol. The number of Topliss-reactive ketones (excluding diaryl/α,β-unsaturated/α-hetero) is 1. The number of pyridine rings is 1. The molecule has 1 aromatic heterocycles. The summed E-state index contributed by atoms with van der Waals surface area (Å²) in [7, 11) is 3.34. The molecule has 1 saturated heterocycles. The van der Waals surface area contributed by atoms with E-state index in [1.54, 1.807) is 62.7 Å². The highest BCUT2D eigenvalue weighted by atomic mass is 16.6. The van der Waals surface area contributed by atoms with Crippen molar-refractivity contribution in [2.24, 2.45) is 5.92 Å². The zero-order valence-electron chi connectivity index (χ0n) is 18.6. The molecule has 0 radical (unpaired) electrons. The molecule has 9 nitrogen and oxygen atoms in total. The van der Waals surface area contributed by atoms with Gasteiger partial charge in [-0.15, -0.1) is 0 Å². The molecule has 2 aliphatic rings. The summed E-state index contributed by atoms with van der Waals surface area (Å²) in [4.78, 5) is 44.8. The van der Waals surface area contributed by atoms with Crippen molar-refractivity contribution >= 4 is 23.1 Å². The number of benzene rings is 2. The van der Waals surface area contributed by atoms with E-state index in [1.807, 2.05) is 4.90 Å². The Kier molecular flexibility index (Phi) is 5.13. The van der Waals surface area contributed by atoms with Crippen molar-refractivity contribution < 1.29 is 19.2 Å². The van der Waals surface area contributed by atoms with E-state index in [0.29, 0.717) is 29.1 Å². The number of nitrogens with one attached hydrogen (secondary N) is 1. The number of ketones is 1. The van der Waals surface area contributed by atoms with Gasteiger partial charge in [-0.25, -0.2) is 0 Å². The van der Waals surface area contributed by atoms with Gasteiger partial charge in [-0.05, 0) is 42.9 Å². The third-order valence-corrected chi connectivity index (χ3v) is 6.87. The van der Waals surface area contributed by atoms with Crippen LogP contribution >= 0.6 is 0 Å². The van der Waals surface area contributed by atoms with Gasteiger partial charge >= 0.3 is 0 Å². The van der Waals surface area contributed by atoms with E-state index in [2.05, 4.69) is 10.3 Å². The molecule has 5 rings (SSSR count). The Balaban J connectivity index is 1.74. The van der Waals surface area contributed by atoms with Crippen LogP contribution in [0.5, 0.6) is 5.75 Å². The number of ether oxygens (including phenoxy) is 1. The lowest BCUT2D eigenvalue weighted by atomic mass is 9.71. The maximum atomic E-state index is 14.0. The van der Waals surface area contributed by atoms with E-state index in [9.17, 15) is 19.7 Å². The topological polar surface area (TPSA) is 115 Å². The number of hydrogen-bond donors (Lipinski definition) is 1. The second-order valence-electron chi connectivity index (χ2n) is 8.53. The number of methoxy groups -OCH3 is 1. The summed E-state index contributed by atoms with van der Waals surface area (Å²) in [5, 5.41) is 14.4. The number of non-ortho nitro benzene ring substituents is 1. The van der Waals surface area contributed by atoms with Gasteiger partial charge in [0, 0.05) is 42.0 Å². The van der Waals surface area contributed by atoms with Crippen LogP contribution < -0.4 is 10.1 Å². The van der Waals surface area contributed by atoms with Gasteiger partial charge < -0.3 is 10.1 Å². The van der Waals surface area contributed by atoms with Gasteiger partial charge in [0.1, 0.15) is 17.0 Å². The molecule has 1 amide bonds. The maximum Gasteiger partial charge on any atom is 0.269 e. The van der Waals surface area contributed by atoms with Crippen molar-refractivity contribution in [2.45, 2.75) is 11.5 Å². The van der Waals surface area contributed by atoms with Crippen molar-refractivity contribution in [3.8, 4) is 5.75 Å². The van der Waals surface area contributed by atoms with Crippen LogP contribution in [0.2, 0.25) is 0 Å². The molecule has 1 N–H and O–H groups in total. The lowest BCUT2D eigenvalue weighted by Gasteiger charge is -2.35. The molecule has 0 unspecified atom stereocenters. The molecule has 2 aliphatic heterocycles. The Hall–Kier alpha value is -4.11. The number of likely N-dealkylation sites (tertiary alicyclic amines) is 1. The minimum absolute atomic E-state index is 0.0666. The molecule has 3 atom stereocenters. The van der Waals surface area contributed by atoms with E-state index in [1.165, 1.54) is 18.3 Å². The number of fused-ring (bicyclic) bond motifs is 2. The SMILES string of the molecule is COc1ccc2c(c1)[C@]1(C(=O)N2)[C@H](C(=O)c2ccccn2)[C@H](c2cccc([N+](=O)[O-])c2)CN1C. The smallest absolute Gasteiger partial charge is 0.269 e. The first kappa shape index (κ1) is 21.7.